The monoisotopic (exact) mass is 1070 g/mol. The molecule has 0 radical (unpaired) electrons. The average Bonchev–Trinajstić information content (AvgIpc) is 3.35. The van der Waals surface area contributed by atoms with Crippen LogP contribution in [0.2, 0.25) is 0 Å². The molecule has 0 spiro atoms. The molecule has 6 aliphatic heterocycles. The molecule has 424 valence electrons. The Morgan fingerprint density at radius 3 is 1.19 bits per heavy atom. The van der Waals surface area contributed by atoms with Crippen molar-refractivity contribution in [3.8, 4) is 0 Å². The first-order valence-electron chi connectivity index (χ1n) is 23.1. The van der Waals surface area contributed by atoms with Gasteiger partial charge in [0.25, 0.3) is 0 Å². The Kier molecular flexibility index (Phi) is 21.3. The number of ether oxygens (including phenoxy) is 11. The van der Waals surface area contributed by atoms with E-state index < -0.39 is 236 Å². The third-order valence-corrected chi connectivity index (χ3v) is 13.2. The number of hydrogen-bond donors (Lipinski definition) is 20. The number of nitrogens with one attached hydrogen (secondary N) is 2. The molecule has 33 heteroatoms. The zero-order valence-electron chi connectivity index (χ0n) is 38.9. The van der Waals surface area contributed by atoms with Crippen LogP contribution in [-0.4, -0.2) is 327 Å². The minimum Gasteiger partial charge on any atom is -0.394 e. The molecule has 20 N–H and O–H groups in total. The van der Waals surface area contributed by atoms with Gasteiger partial charge in [0.05, 0.1) is 39.6 Å². The zero-order chi connectivity index (χ0) is 53.9. The van der Waals surface area contributed by atoms with Crippen LogP contribution in [0.15, 0.2) is 0 Å². The molecule has 1 unspecified atom stereocenters. The van der Waals surface area contributed by atoms with Gasteiger partial charge in [0.1, 0.15) is 146 Å². The van der Waals surface area contributed by atoms with Gasteiger partial charge in [0, 0.05) is 13.8 Å². The second-order valence-electron chi connectivity index (χ2n) is 18.3. The quantitative estimate of drug-likeness (QED) is 0.0606. The summed E-state index contributed by atoms with van der Waals surface area (Å²) in [6, 6.07) is -3.17. The molecule has 0 aromatic carbocycles. The molecule has 6 heterocycles. The lowest BCUT2D eigenvalue weighted by Crippen LogP contribution is -2.70. The summed E-state index contributed by atoms with van der Waals surface area (Å²) in [5.74, 6) is -1.49. The number of carbonyl (C=O) groups is 2. The van der Waals surface area contributed by atoms with E-state index in [9.17, 15) is 102 Å². The lowest BCUT2D eigenvalue weighted by Gasteiger charge is -2.49. The van der Waals surface area contributed by atoms with Crippen LogP contribution < -0.4 is 10.6 Å². The topological polar surface area (TPSA) is 524 Å². The standard InChI is InChI=1S/C40H68N2O31/c1-9(47)41-17-23(53)32(13(5-45)65-35(17)62)71-36-18(42-10(2)48)24(54)33(14(6-46)68-36)72-39-31(61)27(57)22(52)16(70-39)7-63-37-29(59)26(56)21(51)15(69-37)8-64-40-34(28(58)20(50)12(4-44)67-40)73-38-30(60)25(55)19(49)11(3-43)66-38/h11-40,43-46,49-62H,3-8H2,1-2H3,(H,41,47)(H,42,48)/t11-,12-,13-,14-,15-,16-,17-,18-,19-,20-,21-,22-,23-,24-,25+,26+,27+,28+,29+,30+,31+,32-,33-,34+,35?,36+,37+,38-,39+,40+/m1/s1. The molecule has 73 heavy (non-hydrogen) atoms. The van der Waals surface area contributed by atoms with E-state index in [-0.39, 0.29) is 0 Å². The van der Waals surface area contributed by atoms with Gasteiger partial charge in [0.15, 0.2) is 37.7 Å². The molecule has 6 fully saturated rings. The SMILES string of the molecule is CC(=O)N[C@H]1[C@H](O[C@H]2[C@H](O)[C@@H](NC(C)=O)C(O)O[C@@H]2CO)O[C@H](CO)[C@@H](O[C@@H]2O[C@H](CO[C@H]3O[C@H](CO[C@H]4O[C@H](CO)[C@@H](O)[C@H](O)[C@@H]4O[C@H]4O[C@H](CO)[C@@H](O)[C@H](O)[C@@H]4O)[C@@H](O)[C@H](O)[C@@H]3O)[C@@H](O)[C@H](O)[C@@H]2O)[C@@H]1O. The Bertz CT molecular complexity index is 1750. The van der Waals surface area contributed by atoms with E-state index in [0.717, 1.165) is 13.8 Å². The summed E-state index contributed by atoms with van der Waals surface area (Å²) in [6.07, 6.45) is -51.9. The van der Waals surface area contributed by atoms with E-state index in [2.05, 4.69) is 10.6 Å². The first-order valence-corrected chi connectivity index (χ1v) is 23.1. The van der Waals surface area contributed by atoms with Crippen molar-refractivity contribution in [1.82, 2.24) is 10.6 Å². The Labute approximate surface area is 413 Å². The summed E-state index contributed by atoms with van der Waals surface area (Å²) in [5, 5.41) is 195. The third-order valence-electron chi connectivity index (χ3n) is 13.2. The van der Waals surface area contributed by atoms with Crippen molar-refractivity contribution in [3.63, 3.8) is 0 Å². The molecule has 6 rings (SSSR count). The Morgan fingerprint density at radius 2 is 0.699 bits per heavy atom. The largest absolute Gasteiger partial charge is 0.394 e. The third kappa shape index (κ3) is 13.2. The van der Waals surface area contributed by atoms with Gasteiger partial charge < -0.3 is 155 Å². The predicted molar refractivity (Wildman–Crippen MR) is 222 cm³/mol. The molecule has 0 aromatic heterocycles. The fourth-order valence-electron chi connectivity index (χ4n) is 9.10. The van der Waals surface area contributed by atoms with Gasteiger partial charge in [-0.2, -0.15) is 0 Å². The van der Waals surface area contributed by atoms with Gasteiger partial charge in [-0.05, 0) is 0 Å². The number of carbonyl (C=O) groups excluding carboxylic acids is 2. The Morgan fingerprint density at radius 1 is 0.356 bits per heavy atom. The van der Waals surface area contributed by atoms with Gasteiger partial charge >= 0.3 is 0 Å². The number of aliphatic hydroxyl groups excluding tert-OH is 18. The van der Waals surface area contributed by atoms with E-state index in [1.165, 1.54) is 0 Å². The van der Waals surface area contributed by atoms with E-state index in [4.69, 9.17) is 52.1 Å². The smallest absolute Gasteiger partial charge is 0.217 e. The van der Waals surface area contributed by atoms with Crippen molar-refractivity contribution in [2.75, 3.05) is 39.6 Å². The number of rotatable bonds is 18. The number of hydrogen-bond acceptors (Lipinski definition) is 31. The molecule has 33 nitrogen and oxygen atoms in total. The van der Waals surface area contributed by atoms with Crippen molar-refractivity contribution in [3.05, 3.63) is 0 Å². The zero-order valence-corrected chi connectivity index (χ0v) is 38.9. The molecule has 30 atom stereocenters. The molecule has 6 aliphatic rings. The fraction of sp³-hybridized carbons (Fsp3) is 0.950. The summed E-state index contributed by atoms with van der Waals surface area (Å²) < 4.78 is 62.0. The second kappa shape index (κ2) is 26.0. The van der Waals surface area contributed by atoms with Crippen molar-refractivity contribution >= 4 is 11.8 Å². The first kappa shape index (κ1) is 60.0. The van der Waals surface area contributed by atoms with Crippen LogP contribution in [0.5, 0.6) is 0 Å². The molecule has 0 bridgehead atoms. The van der Waals surface area contributed by atoms with E-state index in [0.29, 0.717) is 0 Å². The number of amides is 2. The van der Waals surface area contributed by atoms with Crippen LogP contribution in [-0.2, 0) is 61.7 Å². The van der Waals surface area contributed by atoms with E-state index in [1.54, 1.807) is 0 Å². The summed E-state index contributed by atoms with van der Waals surface area (Å²) in [5.41, 5.74) is 0. The van der Waals surface area contributed by atoms with Crippen molar-refractivity contribution in [2.45, 2.75) is 198 Å². The number of aliphatic hydroxyl groups is 18. The van der Waals surface area contributed by atoms with Crippen LogP contribution in [0.1, 0.15) is 13.8 Å². The van der Waals surface area contributed by atoms with Crippen LogP contribution in [0, 0.1) is 0 Å². The highest BCUT2D eigenvalue weighted by Gasteiger charge is 2.56. The van der Waals surface area contributed by atoms with Crippen molar-refractivity contribution < 1.29 is 154 Å². The molecular formula is C40H68N2O31. The Hall–Kier alpha value is -2.22. The summed E-state index contributed by atoms with van der Waals surface area (Å²) in [7, 11) is 0. The summed E-state index contributed by atoms with van der Waals surface area (Å²) >= 11 is 0. The van der Waals surface area contributed by atoms with Crippen molar-refractivity contribution in [1.29, 1.82) is 0 Å². The van der Waals surface area contributed by atoms with Crippen molar-refractivity contribution in [2.24, 2.45) is 0 Å². The summed E-state index contributed by atoms with van der Waals surface area (Å²) in [4.78, 5) is 24.2. The van der Waals surface area contributed by atoms with Gasteiger partial charge in [-0.15, -0.1) is 0 Å². The summed E-state index contributed by atoms with van der Waals surface area (Å²) in [6.45, 7) is -3.21. The molecule has 0 aromatic rings. The maximum Gasteiger partial charge on any atom is 0.217 e. The molecule has 0 saturated carbocycles. The highest BCUT2D eigenvalue weighted by atomic mass is 16.8. The lowest BCUT2D eigenvalue weighted by molar-refractivity contribution is -0.375. The van der Waals surface area contributed by atoms with Gasteiger partial charge in [-0.1, -0.05) is 0 Å². The van der Waals surface area contributed by atoms with Crippen LogP contribution >= 0.6 is 0 Å². The molecule has 0 aliphatic carbocycles. The van der Waals surface area contributed by atoms with Crippen LogP contribution in [0.4, 0.5) is 0 Å². The van der Waals surface area contributed by atoms with E-state index in [1.807, 2.05) is 0 Å². The highest BCUT2D eigenvalue weighted by Crippen LogP contribution is 2.35. The average molecular weight is 1070 g/mol. The molecule has 6 saturated heterocycles. The normalized spacial score (nSPS) is 49.8. The molecular weight excluding hydrogens is 1000 g/mol. The highest BCUT2D eigenvalue weighted by molar-refractivity contribution is 5.73. The molecule has 2 amide bonds. The lowest BCUT2D eigenvalue weighted by atomic mass is 9.94. The maximum atomic E-state index is 12.4. The Balaban J connectivity index is 1.12. The minimum atomic E-state index is -2.13. The predicted octanol–water partition coefficient (Wildman–Crippen LogP) is -13.8. The maximum absolute atomic E-state index is 12.4. The van der Waals surface area contributed by atoms with Gasteiger partial charge in [-0.25, -0.2) is 0 Å². The second-order valence-corrected chi connectivity index (χ2v) is 18.3. The van der Waals surface area contributed by atoms with Crippen LogP contribution in [0.25, 0.3) is 0 Å². The fourth-order valence-corrected chi connectivity index (χ4v) is 9.10. The van der Waals surface area contributed by atoms with Crippen LogP contribution in [0.3, 0.4) is 0 Å². The van der Waals surface area contributed by atoms with Gasteiger partial charge in [0.2, 0.25) is 11.8 Å². The van der Waals surface area contributed by atoms with E-state index >= 15 is 0 Å². The van der Waals surface area contributed by atoms with Gasteiger partial charge in [-0.3, -0.25) is 9.59 Å². The minimum absolute atomic E-state index is 0.696. The first-order chi connectivity index (χ1) is 34.5.